The van der Waals surface area contributed by atoms with Crippen LogP contribution in [0.5, 0.6) is 0 Å². The second-order valence-corrected chi connectivity index (χ2v) is 5.50. The van der Waals surface area contributed by atoms with E-state index in [2.05, 4.69) is 25.7 Å². The number of carbonyl (C=O) groups excluding carboxylic acids is 1. The Labute approximate surface area is 145 Å². The fraction of sp³-hybridized carbons (Fsp3) is 0.500. The topological polar surface area (TPSA) is 120 Å². The van der Waals surface area contributed by atoms with Crippen molar-refractivity contribution in [2.24, 2.45) is 0 Å². The van der Waals surface area contributed by atoms with Gasteiger partial charge in [-0.15, -0.1) is 0 Å². The van der Waals surface area contributed by atoms with Gasteiger partial charge >= 0.3 is 11.8 Å². The summed E-state index contributed by atoms with van der Waals surface area (Å²) in [5, 5.41) is 10.0. The molecule has 0 aromatic carbocycles. The van der Waals surface area contributed by atoms with Gasteiger partial charge in [0.1, 0.15) is 18.9 Å². The number of rotatable bonds is 5. The van der Waals surface area contributed by atoms with Crippen LogP contribution in [0.4, 0.5) is 4.79 Å². The molecule has 2 rings (SSSR count). The molecule has 2 heterocycles. The molecule has 0 radical (unpaired) electrons. The second kappa shape index (κ2) is 8.27. The molecule has 0 saturated carbocycles. The lowest BCUT2D eigenvalue weighted by Gasteiger charge is -2.16. The molecule has 9 nitrogen and oxygen atoms in total. The Morgan fingerprint density at radius 2 is 2.29 bits per heavy atom. The van der Waals surface area contributed by atoms with Crippen molar-refractivity contribution >= 4 is 28.2 Å². The molecule has 24 heavy (non-hydrogen) atoms. The van der Waals surface area contributed by atoms with Crippen LogP contribution in [0, 0.1) is 0 Å². The summed E-state index contributed by atoms with van der Waals surface area (Å²) in [6.45, 7) is 1.61. The number of nitrogens with one attached hydrogen (secondary N) is 1. The number of aliphatic hydroxyl groups excluding tert-OH is 1. The van der Waals surface area contributed by atoms with Gasteiger partial charge in [-0.1, -0.05) is 15.9 Å². The van der Waals surface area contributed by atoms with E-state index in [1.807, 2.05) is 0 Å². The van der Waals surface area contributed by atoms with E-state index in [9.17, 15) is 19.5 Å². The molecule has 0 spiro atoms. The number of nitrogens with zero attached hydrogens (tertiary/aromatic N) is 1. The summed E-state index contributed by atoms with van der Waals surface area (Å²) in [5.74, 6) is 0. The van der Waals surface area contributed by atoms with E-state index in [1.165, 1.54) is 21.8 Å². The Kier molecular flexibility index (Phi) is 6.35. The first-order chi connectivity index (χ1) is 11.5. The van der Waals surface area contributed by atoms with Crippen LogP contribution in [0.2, 0.25) is 0 Å². The summed E-state index contributed by atoms with van der Waals surface area (Å²) in [6, 6.07) is 0. The van der Waals surface area contributed by atoms with E-state index >= 15 is 0 Å². The van der Waals surface area contributed by atoms with Crippen LogP contribution in [0.15, 0.2) is 20.8 Å². The smallest absolute Gasteiger partial charge is 0.435 e. The molecule has 10 heteroatoms. The molecule has 2 N–H and O–H groups in total. The molecular weight excluding hydrogens is 388 g/mol. The number of aliphatic hydroxyl groups is 1. The van der Waals surface area contributed by atoms with E-state index in [-0.39, 0.29) is 25.2 Å². The highest BCUT2D eigenvalue weighted by Crippen LogP contribution is 2.27. The normalized spacial score (nSPS) is 23.5. The van der Waals surface area contributed by atoms with Crippen molar-refractivity contribution in [3.05, 3.63) is 37.6 Å². The van der Waals surface area contributed by atoms with Crippen LogP contribution in [-0.2, 0) is 14.2 Å². The summed E-state index contributed by atoms with van der Waals surface area (Å²) >= 11 is 3.06. The van der Waals surface area contributed by atoms with Gasteiger partial charge in [0.05, 0.1) is 18.3 Å². The molecule has 0 aliphatic carbocycles. The van der Waals surface area contributed by atoms with E-state index in [4.69, 9.17) is 9.47 Å². The van der Waals surface area contributed by atoms with E-state index < -0.39 is 35.8 Å². The van der Waals surface area contributed by atoms with Crippen molar-refractivity contribution in [3.63, 3.8) is 0 Å². The first-order valence-corrected chi connectivity index (χ1v) is 8.13. The van der Waals surface area contributed by atoms with Gasteiger partial charge in [-0.25, -0.2) is 9.59 Å². The zero-order chi connectivity index (χ0) is 17.7. The fourth-order valence-electron chi connectivity index (χ4n) is 2.25. The van der Waals surface area contributed by atoms with Crippen molar-refractivity contribution in [2.45, 2.75) is 31.8 Å². The van der Waals surface area contributed by atoms with Gasteiger partial charge in [0.15, 0.2) is 0 Å². The molecule has 0 bridgehead atoms. The molecule has 0 amide bonds. The zero-order valence-electron chi connectivity index (χ0n) is 12.8. The van der Waals surface area contributed by atoms with Crippen LogP contribution in [-0.4, -0.2) is 46.2 Å². The van der Waals surface area contributed by atoms with E-state index in [1.54, 1.807) is 6.92 Å². The van der Waals surface area contributed by atoms with Gasteiger partial charge in [-0.05, 0) is 18.0 Å². The quantitative estimate of drug-likeness (QED) is 0.693. The van der Waals surface area contributed by atoms with Crippen molar-refractivity contribution in [1.82, 2.24) is 9.55 Å². The number of hydrogen-bond donors (Lipinski definition) is 2. The van der Waals surface area contributed by atoms with Crippen LogP contribution in [0.1, 0.15) is 25.1 Å². The summed E-state index contributed by atoms with van der Waals surface area (Å²) in [4.78, 5) is 38.4. The SMILES string of the molecule is CCOC(=O)OC[C@@H]1O[C@H](n2cc(C=CBr)c(=O)[nH]c2=O)CC1O. The lowest BCUT2D eigenvalue weighted by atomic mass is 10.2. The molecule has 1 fully saturated rings. The molecule has 1 aromatic heterocycles. The number of aromatic amines is 1. The standard InChI is InChI=1S/C14H17BrN2O7/c1-2-22-14(21)23-7-10-9(18)5-11(24-10)17-6-8(3-4-15)12(19)16-13(17)20/h3-4,6,9-11,18H,2,5,7H2,1H3,(H,16,19,20)/t9?,10-,11-/m0/s1. The Hall–Kier alpha value is -1.91. The molecular formula is C14H17BrN2O7. The van der Waals surface area contributed by atoms with Crippen LogP contribution in [0.3, 0.4) is 0 Å². The summed E-state index contributed by atoms with van der Waals surface area (Å²) in [7, 11) is 0. The predicted molar refractivity (Wildman–Crippen MR) is 86.8 cm³/mol. The van der Waals surface area contributed by atoms with E-state index in [0.29, 0.717) is 0 Å². The summed E-state index contributed by atoms with van der Waals surface area (Å²) in [5.41, 5.74) is -0.945. The monoisotopic (exact) mass is 404 g/mol. The van der Waals surface area contributed by atoms with Gasteiger partial charge in [0, 0.05) is 12.6 Å². The highest BCUT2D eigenvalue weighted by Gasteiger charge is 2.36. The highest BCUT2D eigenvalue weighted by atomic mass is 79.9. The molecule has 1 unspecified atom stereocenters. The largest absolute Gasteiger partial charge is 0.508 e. The number of aromatic nitrogens is 2. The van der Waals surface area contributed by atoms with Crippen molar-refractivity contribution in [3.8, 4) is 0 Å². The molecule has 1 aromatic rings. The zero-order valence-corrected chi connectivity index (χ0v) is 14.4. The van der Waals surface area contributed by atoms with Gasteiger partial charge in [0.25, 0.3) is 5.56 Å². The van der Waals surface area contributed by atoms with Gasteiger partial charge < -0.3 is 19.3 Å². The van der Waals surface area contributed by atoms with Crippen molar-refractivity contribution < 1.29 is 24.1 Å². The molecule has 132 valence electrons. The number of hydrogen-bond acceptors (Lipinski definition) is 7. The summed E-state index contributed by atoms with van der Waals surface area (Å²) in [6.07, 6.45) is -0.454. The number of H-pyrrole nitrogens is 1. The minimum Gasteiger partial charge on any atom is -0.435 e. The second-order valence-electron chi connectivity index (χ2n) is 4.97. The maximum absolute atomic E-state index is 12.0. The van der Waals surface area contributed by atoms with Gasteiger partial charge in [-0.2, -0.15) is 0 Å². The van der Waals surface area contributed by atoms with Crippen molar-refractivity contribution in [2.75, 3.05) is 13.2 Å². The van der Waals surface area contributed by atoms with Crippen molar-refractivity contribution in [1.29, 1.82) is 0 Å². The molecule has 1 aliphatic rings. The van der Waals surface area contributed by atoms with Gasteiger partial charge in [0.2, 0.25) is 0 Å². The van der Waals surface area contributed by atoms with Crippen LogP contribution < -0.4 is 11.2 Å². The Balaban J connectivity index is 2.11. The Bertz CT molecular complexity index is 727. The fourth-order valence-corrected chi connectivity index (χ4v) is 2.53. The number of halogens is 1. The lowest BCUT2D eigenvalue weighted by molar-refractivity contribution is -0.0583. The third-order valence-electron chi connectivity index (χ3n) is 3.38. The molecule has 1 saturated heterocycles. The maximum atomic E-state index is 12.0. The third-order valence-corrected chi connectivity index (χ3v) is 3.64. The predicted octanol–water partition coefficient (Wildman–Crippen LogP) is 0.724. The third kappa shape index (κ3) is 4.34. The Morgan fingerprint density at radius 3 is 2.96 bits per heavy atom. The van der Waals surface area contributed by atoms with Crippen LogP contribution >= 0.6 is 15.9 Å². The molecule has 3 atom stereocenters. The highest BCUT2D eigenvalue weighted by molar-refractivity contribution is 9.11. The average molecular weight is 405 g/mol. The minimum atomic E-state index is -0.932. The first kappa shape index (κ1) is 18.4. The Morgan fingerprint density at radius 1 is 1.54 bits per heavy atom. The number of carbonyl (C=O) groups is 1. The minimum absolute atomic E-state index is 0.111. The molecule has 1 aliphatic heterocycles. The van der Waals surface area contributed by atoms with E-state index in [0.717, 1.165) is 0 Å². The van der Waals surface area contributed by atoms with Gasteiger partial charge in [-0.3, -0.25) is 14.3 Å². The van der Waals surface area contributed by atoms with Crippen LogP contribution in [0.25, 0.3) is 6.08 Å². The number of ether oxygens (including phenoxy) is 3. The lowest BCUT2D eigenvalue weighted by Crippen LogP contribution is -2.33. The first-order valence-electron chi connectivity index (χ1n) is 7.21. The summed E-state index contributed by atoms with van der Waals surface area (Å²) < 4.78 is 16.2. The maximum Gasteiger partial charge on any atom is 0.508 e. The average Bonchev–Trinajstić information content (AvgIpc) is 2.89.